The summed E-state index contributed by atoms with van der Waals surface area (Å²) in [5.74, 6) is 1.92. The number of fused-ring (bicyclic) bond motifs is 1. The van der Waals surface area contributed by atoms with E-state index in [4.69, 9.17) is 16.9 Å². The van der Waals surface area contributed by atoms with E-state index in [0.29, 0.717) is 0 Å². The second kappa shape index (κ2) is 4.84. The van der Waals surface area contributed by atoms with Gasteiger partial charge in [0.1, 0.15) is 18.5 Å². The first-order valence-corrected chi connectivity index (χ1v) is 6.33. The summed E-state index contributed by atoms with van der Waals surface area (Å²) in [6, 6.07) is 1.63. The van der Waals surface area contributed by atoms with Crippen molar-refractivity contribution < 1.29 is 20.1 Å². The Morgan fingerprint density at radius 1 is 1.52 bits per heavy atom. The summed E-state index contributed by atoms with van der Waals surface area (Å²) in [4.78, 5) is 3.74. The topological polar surface area (TPSA) is 176 Å². The Morgan fingerprint density at radius 2 is 2.26 bits per heavy atom. The molecule has 4 atom stereocenters. The fourth-order valence-electron chi connectivity index (χ4n) is 2.44. The maximum Gasteiger partial charge on any atom is 0.220 e. The van der Waals surface area contributed by atoms with Crippen LogP contribution in [0.3, 0.4) is 0 Å². The Bertz CT molecular complexity index is 855. The van der Waals surface area contributed by atoms with E-state index in [-0.39, 0.29) is 17.3 Å². The fraction of sp³-hybridized carbons (Fsp3) is 0.417. The number of nitriles is 1. The van der Waals surface area contributed by atoms with Gasteiger partial charge in [-0.2, -0.15) is 14.9 Å². The molecule has 0 amide bonds. The van der Waals surface area contributed by atoms with Crippen molar-refractivity contribution in [1.29, 1.82) is 5.26 Å². The van der Waals surface area contributed by atoms with Crippen LogP contribution in [0.1, 0.15) is 11.9 Å². The van der Waals surface area contributed by atoms with Crippen LogP contribution in [0.15, 0.2) is 6.33 Å². The number of nitrogen functional groups attached to an aromatic ring is 1. The van der Waals surface area contributed by atoms with Gasteiger partial charge in [-0.3, -0.25) is 0 Å². The lowest BCUT2D eigenvalue weighted by Crippen LogP contribution is -2.51. The largest absolute Gasteiger partial charge is 0.392 e. The van der Waals surface area contributed by atoms with Crippen LogP contribution in [0.4, 0.5) is 5.82 Å². The predicted molar refractivity (Wildman–Crippen MR) is 72.0 cm³/mol. The lowest BCUT2D eigenvalue weighted by molar-refractivity contribution is -0.0756. The van der Waals surface area contributed by atoms with Crippen molar-refractivity contribution in [2.45, 2.75) is 23.4 Å². The summed E-state index contributed by atoms with van der Waals surface area (Å²) < 4.78 is 6.50. The summed E-state index contributed by atoms with van der Waals surface area (Å²) in [7, 11) is 0. The zero-order chi connectivity index (χ0) is 16.8. The highest BCUT2D eigenvalue weighted by Crippen LogP contribution is 2.45. The van der Waals surface area contributed by atoms with E-state index < -0.39 is 30.0 Å². The van der Waals surface area contributed by atoms with E-state index in [1.54, 1.807) is 6.07 Å². The van der Waals surface area contributed by atoms with Crippen molar-refractivity contribution in [3.63, 3.8) is 0 Å². The number of terminal acetylenes is 1. The quantitative estimate of drug-likeness (QED) is 0.422. The molecule has 3 rings (SSSR count). The first kappa shape index (κ1) is 15.1. The maximum atomic E-state index is 10.6. The number of nitrogens with zero attached hydrogens (tertiary/aromatic N) is 6. The van der Waals surface area contributed by atoms with Gasteiger partial charge < -0.3 is 25.8 Å². The van der Waals surface area contributed by atoms with Gasteiger partial charge in [-0.15, -0.1) is 16.6 Å². The average Bonchev–Trinajstić information content (AvgIpc) is 3.08. The van der Waals surface area contributed by atoms with Crippen LogP contribution < -0.4 is 5.73 Å². The third-order valence-electron chi connectivity index (χ3n) is 3.73. The Hall–Kier alpha value is -2.83. The minimum atomic E-state index is -2.33. The molecule has 3 heterocycles. The minimum absolute atomic E-state index is 0.0234. The van der Waals surface area contributed by atoms with E-state index in [1.807, 2.05) is 5.92 Å². The van der Waals surface area contributed by atoms with Crippen LogP contribution in [-0.4, -0.2) is 64.0 Å². The summed E-state index contributed by atoms with van der Waals surface area (Å²) in [6.07, 6.45) is 3.08. The van der Waals surface area contributed by atoms with Gasteiger partial charge in [-0.05, 0) is 0 Å². The molecule has 0 aliphatic carbocycles. The smallest absolute Gasteiger partial charge is 0.220 e. The van der Waals surface area contributed by atoms with Gasteiger partial charge in [0, 0.05) is 0 Å². The molecule has 11 nitrogen and oxygen atoms in total. The monoisotopic (exact) mass is 317 g/mol. The highest BCUT2D eigenvalue weighted by molar-refractivity contribution is 5.57. The SMILES string of the molecule is C#C[C@]1(O)[C@H](c2nnc3c(N)ncnn23)O[C@](C#N)(CO)[C@H]1O. The van der Waals surface area contributed by atoms with Crippen molar-refractivity contribution in [3.8, 4) is 18.4 Å². The number of anilines is 1. The highest BCUT2D eigenvalue weighted by atomic mass is 16.6. The standard InChI is InChI=1S/C12H11N7O4/c1-2-12(22)6(23-11(3-13,4-20)10(12)21)8-17-18-9-7(14)15-5-16-19(8)9/h1,5-6,10,20-22H,4H2,(H2,14,15,16)/t6-,10+,11+,12-/m0/s1. The number of rotatable bonds is 2. The molecule has 5 N–H and O–H groups in total. The normalized spacial score (nSPS) is 33.4. The zero-order valence-electron chi connectivity index (χ0n) is 11.5. The number of aliphatic hydroxyl groups excluding tert-OH is 2. The first-order valence-electron chi connectivity index (χ1n) is 6.33. The second-order valence-electron chi connectivity index (χ2n) is 4.97. The van der Waals surface area contributed by atoms with Crippen molar-refractivity contribution in [2.75, 3.05) is 12.3 Å². The number of hydrogen-bond acceptors (Lipinski definition) is 10. The molecule has 118 valence electrons. The van der Waals surface area contributed by atoms with E-state index in [9.17, 15) is 20.6 Å². The molecule has 2 aromatic rings. The molecule has 11 heteroatoms. The van der Waals surface area contributed by atoms with Gasteiger partial charge >= 0.3 is 0 Å². The Balaban J connectivity index is 2.20. The lowest BCUT2D eigenvalue weighted by Gasteiger charge is -2.25. The second-order valence-corrected chi connectivity index (χ2v) is 4.97. The summed E-state index contributed by atoms with van der Waals surface area (Å²) in [5.41, 5.74) is 1.28. The lowest BCUT2D eigenvalue weighted by atomic mass is 9.85. The molecular weight excluding hydrogens is 306 g/mol. The van der Waals surface area contributed by atoms with Gasteiger partial charge in [-0.25, -0.2) is 4.98 Å². The molecule has 0 bridgehead atoms. The van der Waals surface area contributed by atoms with Crippen molar-refractivity contribution >= 4 is 11.5 Å². The van der Waals surface area contributed by atoms with Crippen LogP contribution in [0.5, 0.6) is 0 Å². The maximum absolute atomic E-state index is 10.6. The summed E-state index contributed by atoms with van der Waals surface area (Å²) >= 11 is 0. The van der Waals surface area contributed by atoms with Crippen LogP contribution >= 0.6 is 0 Å². The van der Waals surface area contributed by atoms with Crippen molar-refractivity contribution in [1.82, 2.24) is 24.8 Å². The van der Waals surface area contributed by atoms with Gasteiger partial charge in [0.2, 0.25) is 11.2 Å². The van der Waals surface area contributed by atoms with Crippen LogP contribution in [0.25, 0.3) is 5.65 Å². The molecule has 0 aromatic carbocycles. The molecule has 23 heavy (non-hydrogen) atoms. The molecule has 1 aliphatic rings. The van der Waals surface area contributed by atoms with E-state index in [0.717, 1.165) is 10.8 Å². The Kier molecular flexibility index (Phi) is 3.17. The van der Waals surface area contributed by atoms with E-state index in [2.05, 4.69) is 20.3 Å². The fourth-order valence-corrected chi connectivity index (χ4v) is 2.44. The Morgan fingerprint density at radius 3 is 2.87 bits per heavy atom. The molecule has 1 saturated heterocycles. The van der Waals surface area contributed by atoms with Gasteiger partial charge in [-0.1, -0.05) is 5.92 Å². The number of ether oxygens (including phenoxy) is 1. The number of aromatic nitrogens is 5. The molecule has 1 fully saturated rings. The van der Waals surface area contributed by atoms with E-state index >= 15 is 0 Å². The third kappa shape index (κ3) is 1.79. The number of nitrogens with two attached hydrogens (primary N) is 1. The summed E-state index contributed by atoms with van der Waals surface area (Å²) in [5, 5.41) is 50.9. The number of aliphatic hydroxyl groups is 3. The van der Waals surface area contributed by atoms with E-state index in [1.165, 1.54) is 0 Å². The van der Waals surface area contributed by atoms with Gasteiger partial charge in [0.25, 0.3) is 0 Å². The molecule has 0 spiro atoms. The molecule has 1 aliphatic heterocycles. The third-order valence-corrected chi connectivity index (χ3v) is 3.73. The predicted octanol–water partition coefficient (Wildman–Crippen LogP) is -2.85. The van der Waals surface area contributed by atoms with Crippen LogP contribution in [-0.2, 0) is 4.74 Å². The molecule has 0 unspecified atom stereocenters. The zero-order valence-corrected chi connectivity index (χ0v) is 11.5. The molecule has 0 saturated carbocycles. The van der Waals surface area contributed by atoms with Gasteiger partial charge in [0.15, 0.2) is 23.3 Å². The summed E-state index contributed by atoms with van der Waals surface area (Å²) in [6.45, 7) is -0.890. The minimum Gasteiger partial charge on any atom is -0.392 e. The molecular formula is C12H11N7O4. The van der Waals surface area contributed by atoms with Crippen molar-refractivity contribution in [2.24, 2.45) is 0 Å². The van der Waals surface area contributed by atoms with Crippen LogP contribution in [0.2, 0.25) is 0 Å². The first-order chi connectivity index (χ1) is 10.9. The highest BCUT2D eigenvalue weighted by Gasteiger charge is 2.65. The average molecular weight is 317 g/mol. The molecule has 0 radical (unpaired) electrons. The van der Waals surface area contributed by atoms with Crippen molar-refractivity contribution in [3.05, 3.63) is 12.2 Å². The van der Waals surface area contributed by atoms with Gasteiger partial charge in [0.05, 0.1) is 6.61 Å². The Labute approximate surface area is 129 Å². The molecule has 2 aromatic heterocycles. The van der Waals surface area contributed by atoms with Crippen LogP contribution in [0, 0.1) is 23.7 Å². The number of hydrogen-bond donors (Lipinski definition) is 4.